The minimum absolute atomic E-state index is 0.683. The van der Waals surface area contributed by atoms with Gasteiger partial charge in [0.1, 0.15) is 6.26 Å². The van der Waals surface area contributed by atoms with Crippen molar-refractivity contribution in [3.05, 3.63) is 23.6 Å². The Hall–Kier alpha value is -1.51. The number of hydrogen-bond donors (Lipinski definition) is 1. The van der Waals surface area contributed by atoms with E-state index in [0.29, 0.717) is 5.71 Å². The van der Waals surface area contributed by atoms with E-state index in [0.717, 1.165) is 23.9 Å². The summed E-state index contributed by atoms with van der Waals surface area (Å²) in [4.78, 5) is 4.27. The highest BCUT2D eigenvalue weighted by atomic mass is 16.3. The Bertz CT molecular complexity index is 487. The molecule has 0 aliphatic heterocycles. The zero-order chi connectivity index (χ0) is 9.54. The van der Waals surface area contributed by atoms with Crippen LogP contribution in [-0.2, 0) is 12.8 Å². The second-order valence-electron chi connectivity index (χ2n) is 3.84. The molecule has 1 aliphatic rings. The molecule has 0 spiro atoms. The monoisotopic (exact) mass is 188 g/mol. The first-order valence-corrected chi connectivity index (χ1v) is 4.99. The van der Waals surface area contributed by atoms with Gasteiger partial charge in [0.15, 0.2) is 0 Å². The van der Waals surface area contributed by atoms with Crippen LogP contribution in [0.3, 0.4) is 0 Å². The highest BCUT2D eigenvalue weighted by molar-refractivity contribution is 5.90. The Morgan fingerprint density at radius 1 is 1.29 bits per heavy atom. The van der Waals surface area contributed by atoms with Crippen molar-refractivity contribution in [2.45, 2.75) is 25.7 Å². The van der Waals surface area contributed by atoms with Gasteiger partial charge >= 0.3 is 0 Å². The Morgan fingerprint density at radius 3 is 3.07 bits per heavy atom. The van der Waals surface area contributed by atoms with Crippen molar-refractivity contribution in [1.29, 1.82) is 0 Å². The van der Waals surface area contributed by atoms with Gasteiger partial charge in [-0.1, -0.05) is 0 Å². The van der Waals surface area contributed by atoms with Crippen molar-refractivity contribution in [3.63, 3.8) is 0 Å². The third kappa shape index (κ3) is 0.953. The van der Waals surface area contributed by atoms with Gasteiger partial charge in [0, 0.05) is 6.20 Å². The highest BCUT2D eigenvalue weighted by Crippen LogP contribution is 2.31. The van der Waals surface area contributed by atoms with Crippen LogP contribution in [0.5, 0.6) is 0 Å². The van der Waals surface area contributed by atoms with E-state index in [1.54, 1.807) is 6.26 Å². The number of anilines is 1. The molecule has 72 valence electrons. The van der Waals surface area contributed by atoms with Gasteiger partial charge in [-0.2, -0.15) is 0 Å². The minimum atomic E-state index is 0.683. The van der Waals surface area contributed by atoms with Crippen molar-refractivity contribution < 1.29 is 4.42 Å². The number of hydrogen-bond acceptors (Lipinski definition) is 3. The topological polar surface area (TPSA) is 52.0 Å². The molecule has 3 heteroatoms. The van der Waals surface area contributed by atoms with E-state index in [4.69, 9.17) is 10.2 Å². The van der Waals surface area contributed by atoms with Gasteiger partial charge in [-0.15, -0.1) is 0 Å². The Labute approximate surface area is 81.9 Å². The molecule has 0 aromatic carbocycles. The fourth-order valence-electron chi connectivity index (χ4n) is 2.25. The standard InChI is InChI=1S/C11H12N2O/c12-9-6-14-11-10(9)8-4-2-1-3-7(8)5-13-11/h5-6H,1-4,12H2. The lowest BCUT2D eigenvalue weighted by Crippen LogP contribution is -2.04. The number of furan rings is 1. The van der Waals surface area contributed by atoms with Crippen LogP contribution in [0.15, 0.2) is 16.9 Å². The van der Waals surface area contributed by atoms with Crippen LogP contribution in [-0.4, -0.2) is 4.98 Å². The summed E-state index contributed by atoms with van der Waals surface area (Å²) >= 11 is 0. The Morgan fingerprint density at radius 2 is 2.14 bits per heavy atom. The summed E-state index contributed by atoms with van der Waals surface area (Å²) in [5.41, 5.74) is 9.98. The molecule has 14 heavy (non-hydrogen) atoms. The van der Waals surface area contributed by atoms with Crippen LogP contribution in [0.25, 0.3) is 11.1 Å². The smallest absolute Gasteiger partial charge is 0.228 e. The SMILES string of the molecule is Nc1coc2ncc3c(c12)CCCC3. The van der Waals surface area contributed by atoms with Crippen molar-refractivity contribution in [2.24, 2.45) is 0 Å². The van der Waals surface area contributed by atoms with E-state index >= 15 is 0 Å². The second kappa shape index (κ2) is 2.74. The van der Waals surface area contributed by atoms with Gasteiger partial charge in [0.2, 0.25) is 5.71 Å². The molecular formula is C11H12N2O. The molecule has 0 saturated carbocycles. The number of aryl methyl sites for hydroxylation is 2. The highest BCUT2D eigenvalue weighted by Gasteiger charge is 2.16. The summed E-state index contributed by atoms with van der Waals surface area (Å²) < 4.78 is 5.28. The quantitative estimate of drug-likeness (QED) is 0.690. The summed E-state index contributed by atoms with van der Waals surface area (Å²) in [5.74, 6) is 0. The molecule has 2 aromatic heterocycles. The first-order chi connectivity index (χ1) is 6.86. The molecule has 0 atom stereocenters. The lowest BCUT2D eigenvalue weighted by Gasteiger charge is -2.15. The number of rotatable bonds is 0. The molecule has 2 heterocycles. The average molecular weight is 188 g/mol. The maximum atomic E-state index is 5.87. The third-order valence-electron chi connectivity index (χ3n) is 2.95. The fourth-order valence-corrected chi connectivity index (χ4v) is 2.25. The normalized spacial score (nSPS) is 15.7. The Balaban J connectivity index is 2.38. The molecule has 0 unspecified atom stereocenters. The van der Waals surface area contributed by atoms with E-state index in [9.17, 15) is 0 Å². The van der Waals surface area contributed by atoms with Crippen LogP contribution in [0.4, 0.5) is 5.69 Å². The van der Waals surface area contributed by atoms with Crippen LogP contribution in [0.2, 0.25) is 0 Å². The first kappa shape index (κ1) is 7.85. The summed E-state index contributed by atoms with van der Waals surface area (Å²) in [6.07, 6.45) is 8.27. The van der Waals surface area contributed by atoms with Crippen molar-refractivity contribution in [1.82, 2.24) is 4.98 Å². The molecule has 2 aromatic rings. The number of aromatic nitrogens is 1. The van der Waals surface area contributed by atoms with E-state index in [1.165, 1.54) is 24.0 Å². The molecule has 0 saturated heterocycles. The van der Waals surface area contributed by atoms with Gasteiger partial charge in [0.25, 0.3) is 0 Å². The second-order valence-corrected chi connectivity index (χ2v) is 3.84. The van der Waals surface area contributed by atoms with Crippen molar-refractivity contribution in [2.75, 3.05) is 5.73 Å². The zero-order valence-corrected chi connectivity index (χ0v) is 7.92. The molecule has 0 fully saturated rings. The number of fused-ring (bicyclic) bond motifs is 3. The summed E-state index contributed by atoms with van der Waals surface area (Å²) in [5, 5.41) is 1.04. The zero-order valence-electron chi connectivity index (χ0n) is 7.92. The lowest BCUT2D eigenvalue weighted by atomic mass is 9.91. The van der Waals surface area contributed by atoms with Crippen molar-refractivity contribution >= 4 is 16.8 Å². The predicted octanol–water partition coefficient (Wildman–Crippen LogP) is 2.29. The summed E-state index contributed by atoms with van der Waals surface area (Å²) in [6.45, 7) is 0. The molecule has 1 aliphatic carbocycles. The van der Waals surface area contributed by atoms with Crippen LogP contribution in [0, 0.1) is 0 Å². The first-order valence-electron chi connectivity index (χ1n) is 4.99. The maximum absolute atomic E-state index is 5.87. The van der Waals surface area contributed by atoms with E-state index in [2.05, 4.69) is 4.98 Å². The summed E-state index contributed by atoms with van der Waals surface area (Å²) in [6, 6.07) is 0. The van der Waals surface area contributed by atoms with E-state index < -0.39 is 0 Å². The van der Waals surface area contributed by atoms with Gasteiger partial charge in [0.05, 0.1) is 11.1 Å². The van der Waals surface area contributed by atoms with Gasteiger partial charge in [-0.05, 0) is 36.8 Å². The minimum Gasteiger partial charge on any atom is -0.444 e. The molecule has 3 rings (SSSR count). The van der Waals surface area contributed by atoms with E-state index in [-0.39, 0.29) is 0 Å². The van der Waals surface area contributed by atoms with Crippen molar-refractivity contribution in [3.8, 4) is 0 Å². The number of nitrogen functional groups attached to an aromatic ring is 1. The van der Waals surface area contributed by atoms with Gasteiger partial charge < -0.3 is 10.2 Å². The largest absolute Gasteiger partial charge is 0.444 e. The number of nitrogens with two attached hydrogens (primary N) is 1. The third-order valence-corrected chi connectivity index (χ3v) is 2.95. The van der Waals surface area contributed by atoms with Gasteiger partial charge in [-0.25, -0.2) is 4.98 Å². The number of nitrogens with zero attached hydrogens (tertiary/aromatic N) is 1. The molecule has 0 amide bonds. The average Bonchev–Trinajstić information content (AvgIpc) is 2.61. The fraction of sp³-hybridized carbons (Fsp3) is 0.364. The maximum Gasteiger partial charge on any atom is 0.228 e. The molecule has 3 nitrogen and oxygen atoms in total. The van der Waals surface area contributed by atoms with E-state index in [1.807, 2.05) is 6.20 Å². The van der Waals surface area contributed by atoms with Crippen LogP contribution >= 0.6 is 0 Å². The summed E-state index contributed by atoms with van der Waals surface area (Å²) in [7, 11) is 0. The predicted molar refractivity (Wildman–Crippen MR) is 55.1 cm³/mol. The van der Waals surface area contributed by atoms with Crippen LogP contribution < -0.4 is 5.73 Å². The molecular weight excluding hydrogens is 176 g/mol. The lowest BCUT2D eigenvalue weighted by molar-refractivity contribution is 0.602. The van der Waals surface area contributed by atoms with Gasteiger partial charge in [-0.3, -0.25) is 0 Å². The number of pyridine rings is 1. The molecule has 0 radical (unpaired) electrons. The Kier molecular flexibility index (Phi) is 1.54. The molecule has 0 bridgehead atoms. The van der Waals surface area contributed by atoms with Crippen LogP contribution in [0.1, 0.15) is 24.0 Å². The molecule has 2 N–H and O–H groups in total.